The van der Waals surface area contributed by atoms with Gasteiger partial charge in [-0.25, -0.2) is 0 Å². The van der Waals surface area contributed by atoms with Gasteiger partial charge in [0.05, 0.1) is 13.1 Å². The van der Waals surface area contributed by atoms with E-state index in [2.05, 4.69) is 0 Å². The zero-order valence-corrected chi connectivity index (χ0v) is 14.2. The molecule has 0 radical (unpaired) electrons. The maximum absolute atomic E-state index is 12.9. The van der Waals surface area contributed by atoms with Gasteiger partial charge in [-0.15, -0.1) is 0 Å². The quantitative estimate of drug-likeness (QED) is 0.745. The largest absolute Gasteiger partial charge is 0.471 e. The minimum absolute atomic E-state index is 0.146. The second-order valence-corrected chi connectivity index (χ2v) is 6.15. The number of likely N-dealkylation sites (tertiary alicyclic amines) is 1. The summed E-state index contributed by atoms with van der Waals surface area (Å²) in [5.41, 5.74) is 1.65. The molecule has 0 aromatic heterocycles. The molecule has 3 rings (SSSR count). The van der Waals surface area contributed by atoms with Gasteiger partial charge in [0.1, 0.15) is 0 Å². The molecule has 0 aliphatic carbocycles. The van der Waals surface area contributed by atoms with E-state index in [1.165, 1.54) is 12.2 Å². The van der Waals surface area contributed by atoms with E-state index in [9.17, 15) is 22.8 Å². The summed E-state index contributed by atoms with van der Waals surface area (Å²) in [6, 6.07) is 17.6. The minimum atomic E-state index is -4.99. The molecule has 1 amide bonds. The lowest BCUT2D eigenvalue weighted by Gasteiger charge is -2.30. The van der Waals surface area contributed by atoms with Crippen LogP contribution in [0.4, 0.5) is 13.2 Å². The lowest BCUT2D eigenvalue weighted by molar-refractivity contribution is -0.184. The molecule has 3 nitrogen and oxygen atoms in total. The Kier molecular flexibility index (Phi) is 5.26. The molecular formula is C21H16F3NO2. The number of rotatable bonds is 2. The Hall–Kier alpha value is -3.15. The van der Waals surface area contributed by atoms with Crippen molar-refractivity contribution in [1.29, 1.82) is 0 Å². The number of nitrogens with zero attached hydrogens (tertiary/aromatic N) is 1. The smallest absolute Gasteiger partial charge is 0.326 e. The van der Waals surface area contributed by atoms with Gasteiger partial charge in [0.15, 0.2) is 5.78 Å². The number of hydrogen-bond acceptors (Lipinski definition) is 2. The molecule has 1 aliphatic heterocycles. The number of hydrogen-bond donors (Lipinski definition) is 0. The SMILES string of the molecule is O=C1/C(=C\c2ccccc2)CN(C(=O)C(F)(F)F)C/C1=C/c1ccccc1. The lowest BCUT2D eigenvalue weighted by Crippen LogP contribution is -2.47. The van der Waals surface area contributed by atoms with Crippen molar-refractivity contribution in [2.75, 3.05) is 13.1 Å². The summed E-state index contributed by atoms with van der Waals surface area (Å²) in [6.07, 6.45) is -1.94. The minimum Gasteiger partial charge on any atom is -0.326 e. The van der Waals surface area contributed by atoms with Gasteiger partial charge in [-0.1, -0.05) is 60.7 Å². The summed E-state index contributed by atoms with van der Waals surface area (Å²) in [4.78, 5) is 25.2. The zero-order valence-electron chi connectivity index (χ0n) is 14.2. The summed E-state index contributed by atoms with van der Waals surface area (Å²) < 4.78 is 38.8. The monoisotopic (exact) mass is 371 g/mol. The number of ketones is 1. The Morgan fingerprint density at radius 1 is 0.815 bits per heavy atom. The maximum Gasteiger partial charge on any atom is 0.471 e. The fourth-order valence-corrected chi connectivity index (χ4v) is 2.86. The van der Waals surface area contributed by atoms with E-state index in [1.807, 2.05) is 0 Å². The van der Waals surface area contributed by atoms with E-state index in [0.717, 1.165) is 0 Å². The molecule has 6 heteroatoms. The Bertz CT molecular complexity index is 839. The number of benzene rings is 2. The number of halogens is 3. The van der Waals surface area contributed by atoms with Crippen molar-refractivity contribution in [3.63, 3.8) is 0 Å². The highest BCUT2D eigenvalue weighted by molar-refractivity contribution is 6.15. The predicted octanol–water partition coefficient (Wildman–Crippen LogP) is 4.13. The second kappa shape index (κ2) is 7.61. The second-order valence-electron chi connectivity index (χ2n) is 6.15. The fraction of sp³-hybridized carbons (Fsp3) is 0.143. The van der Waals surface area contributed by atoms with E-state index in [4.69, 9.17) is 0 Å². The van der Waals surface area contributed by atoms with Gasteiger partial charge in [-0.05, 0) is 23.3 Å². The van der Waals surface area contributed by atoms with Gasteiger partial charge in [0.2, 0.25) is 0 Å². The molecule has 2 aromatic rings. The molecule has 0 N–H and O–H groups in total. The molecule has 138 valence electrons. The molecule has 0 atom stereocenters. The molecule has 1 fully saturated rings. The highest BCUT2D eigenvalue weighted by Gasteiger charge is 2.44. The van der Waals surface area contributed by atoms with E-state index in [1.54, 1.807) is 60.7 Å². The van der Waals surface area contributed by atoms with Crippen molar-refractivity contribution in [3.8, 4) is 0 Å². The summed E-state index contributed by atoms with van der Waals surface area (Å²) >= 11 is 0. The Balaban J connectivity index is 2.00. The van der Waals surface area contributed by atoms with Crippen molar-refractivity contribution < 1.29 is 22.8 Å². The molecule has 0 unspecified atom stereocenters. The van der Waals surface area contributed by atoms with Crippen LogP contribution >= 0.6 is 0 Å². The standard InChI is InChI=1S/C21H16F3NO2/c22-21(23,24)20(27)25-13-17(11-15-7-3-1-4-8-15)19(26)18(14-25)12-16-9-5-2-6-10-16/h1-12H,13-14H2/b17-11-,18-12-. The molecule has 1 saturated heterocycles. The molecule has 0 saturated carbocycles. The van der Waals surface area contributed by atoms with Crippen LogP contribution in [0.1, 0.15) is 11.1 Å². The summed E-state index contributed by atoms with van der Waals surface area (Å²) in [5, 5.41) is 0. The van der Waals surface area contributed by atoms with Crippen LogP contribution in [0, 0.1) is 0 Å². The van der Waals surface area contributed by atoms with Crippen LogP contribution in [0.5, 0.6) is 0 Å². The first-order valence-corrected chi connectivity index (χ1v) is 8.26. The van der Waals surface area contributed by atoms with Crippen LogP contribution in [0.3, 0.4) is 0 Å². The van der Waals surface area contributed by atoms with E-state index in [0.29, 0.717) is 16.0 Å². The number of amides is 1. The molecule has 0 spiro atoms. The molecule has 2 aromatic carbocycles. The average Bonchev–Trinajstić information content (AvgIpc) is 2.65. The van der Waals surface area contributed by atoms with Crippen LogP contribution in [0.2, 0.25) is 0 Å². The van der Waals surface area contributed by atoms with Crippen LogP contribution in [0.25, 0.3) is 12.2 Å². The highest BCUT2D eigenvalue weighted by atomic mass is 19.4. The van der Waals surface area contributed by atoms with Crippen molar-refractivity contribution in [2.45, 2.75) is 6.18 Å². The van der Waals surface area contributed by atoms with E-state index < -0.39 is 12.1 Å². The van der Waals surface area contributed by atoms with Crippen LogP contribution in [-0.2, 0) is 9.59 Å². The van der Waals surface area contributed by atoms with Gasteiger partial charge >= 0.3 is 12.1 Å². The molecule has 1 aliphatic rings. The normalized spacial score (nSPS) is 18.2. The zero-order chi connectivity index (χ0) is 19.4. The van der Waals surface area contributed by atoms with Crippen molar-refractivity contribution in [2.24, 2.45) is 0 Å². The van der Waals surface area contributed by atoms with Gasteiger partial charge in [0, 0.05) is 11.1 Å². The summed E-state index contributed by atoms with van der Waals surface area (Å²) in [7, 11) is 0. The van der Waals surface area contributed by atoms with Gasteiger partial charge in [-0.3, -0.25) is 9.59 Å². The van der Waals surface area contributed by atoms with Gasteiger partial charge in [0.25, 0.3) is 0 Å². The number of carbonyl (C=O) groups is 2. The van der Waals surface area contributed by atoms with Crippen molar-refractivity contribution >= 4 is 23.8 Å². The first-order chi connectivity index (χ1) is 12.8. The number of carbonyl (C=O) groups excluding carboxylic acids is 2. The van der Waals surface area contributed by atoms with Gasteiger partial charge in [-0.2, -0.15) is 13.2 Å². The Morgan fingerprint density at radius 3 is 1.59 bits per heavy atom. The van der Waals surface area contributed by atoms with Crippen molar-refractivity contribution in [3.05, 3.63) is 82.9 Å². The van der Waals surface area contributed by atoms with Crippen LogP contribution in [-0.4, -0.2) is 35.9 Å². The number of Topliss-reactive ketones (excluding diaryl/α,β-unsaturated/α-hetero) is 1. The molecule has 27 heavy (non-hydrogen) atoms. The molecule has 0 bridgehead atoms. The van der Waals surface area contributed by atoms with Crippen molar-refractivity contribution in [1.82, 2.24) is 4.90 Å². The predicted molar refractivity (Wildman–Crippen MR) is 96.5 cm³/mol. The van der Waals surface area contributed by atoms with Crippen LogP contribution in [0.15, 0.2) is 71.8 Å². The summed E-state index contributed by atoms with van der Waals surface area (Å²) in [6.45, 7) is -0.754. The number of alkyl halides is 3. The van der Waals surface area contributed by atoms with Gasteiger partial charge < -0.3 is 4.90 Å². The molecular weight excluding hydrogens is 355 g/mol. The fourth-order valence-electron chi connectivity index (χ4n) is 2.86. The third-order valence-corrected chi connectivity index (χ3v) is 4.12. The Morgan fingerprint density at radius 2 is 1.22 bits per heavy atom. The molecule has 1 heterocycles. The van der Waals surface area contributed by atoms with E-state index >= 15 is 0 Å². The van der Waals surface area contributed by atoms with Crippen LogP contribution < -0.4 is 0 Å². The first-order valence-electron chi connectivity index (χ1n) is 8.26. The lowest BCUT2D eigenvalue weighted by atomic mass is 9.94. The summed E-state index contributed by atoms with van der Waals surface area (Å²) in [5.74, 6) is -2.30. The topological polar surface area (TPSA) is 37.4 Å². The average molecular weight is 371 g/mol. The highest BCUT2D eigenvalue weighted by Crippen LogP contribution is 2.26. The number of piperidine rings is 1. The third kappa shape index (κ3) is 4.53. The first kappa shape index (κ1) is 18.6. The van der Waals surface area contributed by atoms with E-state index in [-0.39, 0.29) is 30.0 Å². The maximum atomic E-state index is 12.9. The Labute approximate surface area is 154 Å². The third-order valence-electron chi connectivity index (χ3n) is 4.12.